The van der Waals surface area contributed by atoms with Gasteiger partial charge in [0.25, 0.3) is 0 Å². The Kier molecular flexibility index (Phi) is 2.62. The molecule has 7 heavy (non-hydrogen) atoms. The molecule has 0 spiro atoms. The lowest BCUT2D eigenvalue weighted by Gasteiger charge is -2.02. The minimum Gasteiger partial charge on any atom is -0.162 e. The predicted molar refractivity (Wildman–Crippen MR) is 38.1 cm³/mol. The van der Waals surface area contributed by atoms with Crippen LogP contribution in [-0.2, 0) is 0 Å². The van der Waals surface area contributed by atoms with Crippen molar-refractivity contribution in [3.05, 3.63) is 11.8 Å². The molecule has 0 radical (unpaired) electrons. The molecule has 0 unspecified atom stereocenters. The number of rotatable bonds is 1. The van der Waals surface area contributed by atoms with Crippen molar-refractivity contribution in [1.29, 1.82) is 0 Å². The fraction of sp³-hybridized carbons (Fsp3) is 0.600. The molecular formula is C5H11ClSi. The molecular weight excluding hydrogens is 124 g/mol. The molecule has 0 aromatic carbocycles. The first kappa shape index (κ1) is 7.25. The van der Waals surface area contributed by atoms with Crippen LogP contribution in [0.25, 0.3) is 0 Å². The van der Waals surface area contributed by atoms with E-state index in [9.17, 15) is 0 Å². The summed E-state index contributed by atoms with van der Waals surface area (Å²) in [6.07, 6.45) is 2.01. The standard InChI is InChI=1S/C5H11ClSi/c1-4-5-7(2,3)6/h4-5H,1-3H3/b5-4-. The first-order valence-electron chi connectivity index (χ1n) is 2.39. The Hall–Kier alpha value is 0.247. The topological polar surface area (TPSA) is 0 Å². The molecule has 0 saturated heterocycles. The van der Waals surface area contributed by atoms with Crippen LogP contribution in [0.4, 0.5) is 0 Å². The SMILES string of the molecule is C/C=C\[Si](C)(C)Cl. The minimum atomic E-state index is -1.37. The van der Waals surface area contributed by atoms with E-state index in [0.29, 0.717) is 0 Å². The molecule has 0 saturated carbocycles. The molecule has 0 aromatic heterocycles. The zero-order valence-corrected chi connectivity index (χ0v) is 6.79. The average molecular weight is 135 g/mol. The third kappa shape index (κ3) is 6.25. The molecule has 0 fully saturated rings. The fourth-order valence-corrected chi connectivity index (χ4v) is 1.57. The second kappa shape index (κ2) is 2.53. The van der Waals surface area contributed by atoms with Crippen LogP contribution < -0.4 is 0 Å². The van der Waals surface area contributed by atoms with E-state index >= 15 is 0 Å². The van der Waals surface area contributed by atoms with Gasteiger partial charge < -0.3 is 0 Å². The molecule has 2 heteroatoms. The summed E-state index contributed by atoms with van der Waals surface area (Å²) in [6.45, 7) is 6.18. The lowest BCUT2D eigenvalue weighted by atomic mass is 10.8. The molecule has 0 nitrogen and oxygen atoms in total. The van der Waals surface area contributed by atoms with Gasteiger partial charge in [-0.3, -0.25) is 0 Å². The van der Waals surface area contributed by atoms with E-state index in [2.05, 4.69) is 18.8 Å². The van der Waals surface area contributed by atoms with Crippen LogP contribution >= 0.6 is 11.1 Å². The first-order chi connectivity index (χ1) is 3.06. The Balaban J connectivity index is 3.56. The average Bonchev–Trinajstić information content (AvgIpc) is 1.30. The second-order valence-electron chi connectivity index (χ2n) is 2.06. The maximum absolute atomic E-state index is 5.89. The third-order valence-electron chi connectivity index (χ3n) is 0.563. The zero-order valence-electron chi connectivity index (χ0n) is 5.03. The molecule has 0 rings (SSSR count). The van der Waals surface area contributed by atoms with E-state index in [1.165, 1.54) is 0 Å². The fourth-order valence-electron chi connectivity index (χ4n) is 0.396. The van der Waals surface area contributed by atoms with Crippen molar-refractivity contribution in [2.45, 2.75) is 20.0 Å². The molecule has 0 aliphatic carbocycles. The molecule has 0 aromatic rings. The number of allylic oxidation sites excluding steroid dienone is 1. The molecule has 42 valence electrons. The lowest BCUT2D eigenvalue weighted by molar-refractivity contribution is 1.75. The Morgan fingerprint density at radius 2 is 1.86 bits per heavy atom. The monoisotopic (exact) mass is 134 g/mol. The van der Waals surface area contributed by atoms with Crippen molar-refractivity contribution in [1.82, 2.24) is 0 Å². The van der Waals surface area contributed by atoms with E-state index in [-0.39, 0.29) is 0 Å². The highest BCUT2D eigenvalue weighted by Gasteiger charge is 2.09. The van der Waals surface area contributed by atoms with Gasteiger partial charge in [0.1, 0.15) is 0 Å². The van der Waals surface area contributed by atoms with Crippen LogP contribution in [0.5, 0.6) is 0 Å². The number of halogens is 1. The summed E-state index contributed by atoms with van der Waals surface area (Å²) >= 11 is 5.89. The van der Waals surface area contributed by atoms with Gasteiger partial charge in [0, 0.05) is 0 Å². The van der Waals surface area contributed by atoms with Crippen molar-refractivity contribution in [2.75, 3.05) is 0 Å². The summed E-state index contributed by atoms with van der Waals surface area (Å²) in [5, 5.41) is 0. The van der Waals surface area contributed by atoms with Gasteiger partial charge >= 0.3 is 0 Å². The van der Waals surface area contributed by atoms with Crippen LogP contribution in [0.3, 0.4) is 0 Å². The van der Waals surface area contributed by atoms with Gasteiger partial charge in [0.15, 0.2) is 7.38 Å². The number of hydrogen-bond donors (Lipinski definition) is 0. The Bertz CT molecular complexity index is 70.6. The molecule has 0 bridgehead atoms. The summed E-state index contributed by atoms with van der Waals surface area (Å²) < 4.78 is 0. The third-order valence-corrected chi connectivity index (χ3v) is 2.07. The van der Waals surface area contributed by atoms with E-state index in [1.54, 1.807) is 0 Å². The zero-order chi connectivity index (χ0) is 5.91. The quantitative estimate of drug-likeness (QED) is 0.382. The normalized spacial score (nSPS) is 13.1. The highest BCUT2D eigenvalue weighted by Crippen LogP contribution is 2.07. The van der Waals surface area contributed by atoms with Crippen LogP contribution in [0, 0.1) is 0 Å². The van der Waals surface area contributed by atoms with Crippen molar-refractivity contribution in [3.8, 4) is 0 Å². The Morgan fingerprint density at radius 3 is 1.86 bits per heavy atom. The highest BCUT2D eigenvalue weighted by molar-refractivity contribution is 7.21. The summed E-state index contributed by atoms with van der Waals surface area (Å²) in [5.74, 6) is 0. The molecule has 0 atom stereocenters. The largest absolute Gasteiger partial charge is 0.173 e. The van der Waals surface area contributed by atoms with Crippen LogP contribution in [0.2, 0.25) is 13.1 Å². The van der Waals surface area contributed by atoms with Gasteiger partial charge in [-0.15, -0.1) is 0 Å². The van der Waals surface area contributed by atoms with Gasteiger partial charge in [0.05, 0.1) is 0 Å². The summed E-state index contributed by atoms with van der Waals surface area (Å²) in [7, 11) is -1.37. The maximum atomic E-state index is 5.89. The van der Waals surface area contributed by atoms with Gasteiger partial charge in [-0.2, -0.15) is 11.1 Å². The van der Waals surface area contributed by atoms with Crippen LogP contribution in [0.15, 0.2) is 11.8 Å². The van der Waals surface area contributed by atoms with Crippen molar-refractivity contribution < 1.29 is 0 Å². The van der Waals surface area contributed by atoms with Gasteiger partial charge in [-0.1, -0.05) is 24.9 Å². The summed E-state index contributed by atoms with van der Waals surface area (Å²) in [5.41, 5.74) is 2.09. The van der Waals surface area contributed by atoms with E-state index in [1.807, 2.05) is 13.0 Å². The van der Waals surface area contributed by atoms with Crippen LogP contribution in [-0.4, -0.2) is 7.38 Å². The minimum absolute atomic E-state index is 1.37. The maximum Gasteiger partial charge on any atom is 0.173 e. The molecule has 0 amide bonds. The Morgan fingerprint density at radius 1 is 1.43 bits per heavy atom. The van der Waals surface area contributed by atoms with Crippen molar-refractivity contribution in [3.63, 3.8) is 0 Å². The number of hydrogen-bond acceptors (Lipinski definition) is 0. The van der Waals surface area contributed by atoms with Gasteiger partial charge in [-0.25, -0.2) is 0 Å². The molecule has 0 heterocycles. The molecule has 0 N–H and O–H groups in total. The van der Waals surface area contributed by atoms with Crippen molar-refractivity contribution in [2.24, 2.45) is 0 Å². The summed E-state index contributed by atoms with van der Waals surface area (Å²) in [6, 6.07) is 0. The summed E-state index contributed by atoms with van der Waals surface area (Å²) in [4.78, 5) is 0. The van der Waals surface area contributed by atoms with Gasteiger partial charge in [-0.05, 0) is 6.92 Å². The second-order valence-corrected chi connectivity index (χ2v) is 8.45. The predicted octanol–water partition coefficient (Wildman–Crippen LogP) is 2.55. The first-order valence-corrected chi connectivity index (χ1v) is 6.48. The van der Waals surface area contributed by atoms with E-state index < -0.39 is 7.38 Å². The van der Waals surface area contributed by atoms with E-state index in [0.717, 1.165) is 0 Å². The Labute approximate surface area is 50.9 Å². The highest BCUT2D eigenvalue weighted by atomic mass is 35.6. The van der Waals surface area contributed by atoms with E-state index in [4.69, 9.17) is 11.1 Å². The van der Waals surface area contributed by atoms with Crippen molar-refractivity contribution >= 4 is 18.5 Å². The van der Waals surface area contributed by atoms with Gasteiger partial charge in [0.2, 0.25) is 0 Å². The molecule has 0 aliphatic heterocycles. The lowest BCUT2D eigenvalue weighted by Crippen LogP contribution is -2.10. The smallest absolute Gasteiger partial charge is 0.162 e. The molecule has 0 aliphatic rings. The van der Waals surface area contributed by atoms with Crippen LogP contribution in [0.1, 0.15) is 6.92 Å².